The number of fused-ring (bicyclic) bond motifs is 7. The number of ether oxygens (including phenoxy) is 1. The van der Waals surface area contributed by atoms with Crippen molar-refractivity contribution in [3.8, 4) is 0 Å². The molecule has 0 radical (unpaired) electrons. The van der Waals surface area contributed by atoms with Gasteiger partial charge < -0.3 is 15.2 Å². The van der Waals surface area contributed by atoms with Gasteiger partial charge in [-0.25, -0.2) is 17.6 Å². The number of amides is 1. The van der Waals surface area contributed by atoms with Crippen molar-refractivity contribution in [2.24, 2.45) is 67.2 Å². The third-order valence-electron chi connectivity index (χ3n) is 17.2. The smallest absolute Gasteiger partial charge is 0.306 e. The number of carbonyl (C=O) groups is 3. The van der Waals surface area contributed by atoms with Gasteiger partial charge in [-0.05, 0) is 133 Å². The molecule has 13 heteroatoms. The Morgan fingerprint density at radius 2 is 1.53 bits per heavy atom. The fourth-order valence-electron chi connectivity index (χ4n) is 14.4. The van der Waals surface area contributed by atoms with Gasteiger partial charge in [-0.1, -0.05) is 65.7 Å². The molecule has 6 rings (SSSR count). The summed E-state index contributed by atoms with van der Waals surface area (Å²) in [5.41, 5.74) is 5.94. The molecule has 10 atom stereocenters. The number of hydrogen-bond donors (Lipinski definition) is 2. The van der Waals surface area contributed by atoms with E-state index in [0.717, 1.165) is 69.8 Å². The quantitative estimate of drug-likeness (QED) is 0.0435. The summed E-state index contributed by atoms with van der Waals surface area (Å²) in [6.45, 7) is 21.3. The lowest BCUT2D eigenvalue weighted by Crippen LogP contribution is -2.67. The first kappa shape index (κ1) is 44.0. The van der Waals surface area contributed by atoms with Gasteiger partial charge >= 0.3 is 11.9 Å². The largest absolute Gasteiger partial charge is 0.481 e. The Morgan fingerprint density at radius 3 is 2.14 bits per heavy atom. The number of aliphatic carboxylic acids is 1. The summed E-state index contributed by atoms with van der Waals surface area (Å²) in [7, 11) is 0. The van der Waals surface area contributed by atoms with E-state index in [9.17, 15) is 37.1 Å². The second-order valence-electron chi connectivity index (χ2n) is 21.0. The molecule has 0 saturated heterocycles. The third-order valence-corrected chi connectivity index (χ3v) is 17.2. The zero-order valence-corrected chi connectivity index (χ0v) is 35.5. The molecular weight excluding hydrogens is 753 g/mol. The molecular formula is C45H62F4N4O5. The van der Waals surface area contributed by atoms with E-state index in [4.69, 9.17) is 10.3 Å². The molecule has 0 aromatic heterocycles. The monoisotopic (exact) mass is 814 g/mol. The molecule has 0 heterocycles. The summed E-state index contributed by atoms with van der Waals surface area (Å²) in [6, 6.07) is 0. The van der Waals surface area contributed by atoms with Gasteiger partial charge in [0, 0.05) is 28.9 Å². The van der Waals surface area contributed by atoms with Crippen molar-refractivity contribution in [1.29, 1.82) is 0 Å². The van der Waals surface area contributed by atoms with Crippen LogP contribution < -0.4 is 5.32 Å². The average molecular weight is 815 g/mol. The molecule has 1 aromatic carbocycles. The lowest BCUT2D eigenvalue weighted by atomic mass is 9.32. The lowest BCUT2D eigenvalue weighted by molar-refractivity contribution is -0.250. The third kappa shape index (κ3) is 7.02. The summed E-state index contributed by atoms with van der Waals surface area (Å²) in [5.74, 6) is -7.32. The molecule has 5 saturated carbocycles. The molecule has 1 amide bonds. The Kier molecular flexibility index (Phi) is 11.5. The Bertz CT molecular complexity index is 1900. The number of allylic oxidation sites excluding steroid dienone is 1. The van der Waals surface area contributed by atoms with Gasteiger partial charge in [0.05, 0.1) is 12.8 Å². The molecule has 2 N–H and O–H groups in total. The number of hydrogen-bond acceptors (Lipinski definition) is 5. The van der Waals surface area contributed by atoms with Gasteiger partial charge in [-0.2, -0.15) is 0 Å². The number of carboxylic acid groups (broad SMARTS) is 1. The van der Waals surface area contributed by atoms with E-state index in [1.54, 1.807) is 13.8 Å². The molecule has 5 aliphatic rings. The van der Waals surface area contributed by atoms with E-state index in [0.29, 0.717) is 17.8 Å². The Morgan fingerprint density at radius 1 is 0.879 bits per heavy atom. The van der Waals surface area contributed by atoms with Gasteiger partial charge in [-0.3, -0.25) is 14.4 Å². The molecule has 9 nitrogen and oxygen atoms in total. The van der Waals surface area contributed by atoms with Crippen LogP contribution in [0.3, 0.4) is 0 Å². The van der Waals surface area contributed by atoms with Crippen LogP contribution in [0.4, 0.5) is 23.2 Å². The summed E-state index contributed by atoms with van der Waals surface area (Å²) in [4.78, 5) is 40.7. The van der Waals surface area contributed by atoms with Crippen LogP contribution in [0, 0.1) is 85.3 Å². The van der Waals surface area contributed by atoms with Crippen molar-refractivity contribution in [2.75, 3.05) is 0 Å². The fourth-order valence-corrected chi connectivity index (χ4v) is 14.4. The zero-order chi connectivity index (χ0) is 43.0. The number of esters is 1. The Balaban J connectivity index is 1.22. The highest BCUT2D eigenvalue weighted by Gasteiger charge is 2.71. The number of rotatable bonds is 11. The van der Waals surface area contributed by atoms with E-state index in [1.165, 1.54) is 0 Å². The molecule has 0 bridgehead atoms. The lowest BCUT2D eigenvalue weighted by Gasteiger charge is -2.73. The van der Waals surface area contributed by atoms with Crippen molar-refractivity contribution in [2.45, 2.75) is 152 Å². The summed E-state index contributed by atoms with van der Waals surface area (Å²) < 4.78 is 65.0. The molecule has 0 spiro atoms. The number of nitrogens with zero attached hydrogens (tertiary/aromatic N) is 3. The fraction of sp³-hybridized carbons (Fsp3) is 0.756. The van der Waals surface area contributed by atoms with E-state index < -0.39 is 58.4 Å². The second-order valence-corrected chi connectivity index (χ2v) is 21.0. The van der Waals surface area contributed by atoms with Crippen LogP contribution in [-0.2, 0) is 25.7 Å². The molecule has 320 valence electrons. The van der Waals surface area contributed by atoms with Crippen LogP contribution in [0.2, 0.25) is 0 Å². The van der Waals surface area contributed by atoms with Gasteiger partial charge in [0.15, 0.2) is 23.3 Å². The minimum Gasteiger partial charge on any atom is -0.481 e. The highest BCUT2D eigenvalue weighted by molar-refractivity contribution is 5.77. The zero-order valence-electron chi connectivity index (χ0n) is 35.5. The van der Waals surface area contributed by atoms with Crippen molar-refractivity contribution in [1.82, 2.24) is 5.32 Å². The standard InChI is InChI=1S/C45H62F4N4O5/c1-24(2)25-12-17-45(20-31(54)51-23-26-35(46)37(48)39(52-53-50)38(49)36(26)47)19-18-43(8)27(34(25)45)10-11-29-42(7)15-14-30(41(5,6)28(42)13-16-44(29,43)9)58-33(57)22-40(3,4)21-32(55)56/h25,27-30,34H,1,10-23H2,2-9H3,(H,51,54)(H,55,56)/t25-,27+,28-,29+,30-,34+,42-,43+,44+,45+/m0/s1. The highest BCUT2D eigenvalue weighted by Crippen LogP contribution is 2.78. The predicted octanol–water partition coefficient (Wildman–Crippen LogP) is 11.7. The summed E-state index contributed by atoms with van der Waals surface area (Å²) >= 11 is 0. The number of benzene rings is 1. The van der Waals surface area contributed by atoms with Crippen molar-refractivity contribution < 1.29 is 41.8 Å². The van der Waals surface area contributed by atoms with Crippen LogP contribution in [0.1, 0.15) is 144 Å². The molecule has 1 aromatic rings. The highest BCUT2D eigenvalue weighted by atomic mass is 19.2. The summed E-state index contributed by atoms with van der Waals surface area (Å²) in [5, 5.41) is 14.7. The first-order chi connectivity index (χ1) is 26.9. The van der Waals surface area contributed by atoms with Gasteiger partial charge in [0.2, 0.25) is 5.91 Å². The number of azide groups is 1. The first-order valence-electron chi connectivity index (χ1n) is 21.1. The Labute approximate surface area is 340 Å². The SMILES string of the molecule is C=C(C)[C@@H]1CC[C@]2(CC(=O)NCc3c(F)c(F)c(N=[N+]=[N-])c(F)c3F)CC[C@]3(C)[C@H](CC[C@@H]4[C@@]5(C)CC[C@H](OC(=O)CC(C)(C)CC(=O)O)C(C)(C)[C@@H]5CC[C@]43C)[C@@H]12. The second kappa shape index (κ2) is 15.1. The molecule has 0 unspecified atom stereocenters. The maximum atomic E-state index is 14.9. The van der Waals surface area contributed by atoms with Crippen LogP contribution in [0.15, 0.2) is 17.3 Å². The van der Waals surface area contributed by atoms with Crippen molar-refractivity contribution in [3.05, 3.63) is 51.4 Å². The van der Waals surface area contributed by atoms with Crippen LogP contribution in [0.25, 0.3) is 10.4 Å². The van der Waals surface area contributed by atoms with E-state index >= 15 is 0 Å². The molecule has 5 fully saturated rings. The van der Waals surface area contributed by atoms with E-state index in [1.807, 2.05) is 0 Å². The topological polar surface area (TPSA) is 141 Å². The first-order valence-corrected chi connectivity index (χ1v) is 21.1. The van der Waals surface area contributed by atoms with Gasteiger partial charge in [0.1, 0.15) is 11.8 Å². The predicted molar refractivity (Wildman–Crippen MR) is 211 cm³/mol. The number of nitrogens with one attached hydrogen (secondary N) is 1. The van der Waals surface area contributed by atoms with Crippen LogP contribution in [0.5, 0.6) is 0 Å². The minimum absolute atomic E-state index is 0.00318. The number of carboxylic acids is 1. The van der Waals surface area contributed by atoms with E-state index in [-0.39, 0.29) is 70.2 Å². The summed E-state index contributed by atoms with van der Waals surface area (Å²) in [6.07, 6.45) is 8.99. The number of carbonyl (C=O) groups excluding carboxylic acids is 2. The average Bonchev–Trinajstić information content (AvgIpc) is 3.49. The van der Waals surface area contributed by atoms with Crippen LogP contribution >= 0.6 is 0 Å². The van der Waals surface area contributed by atoms with E-state index in [2.05, 4.69) is 63.5 Å². The van der Waals surface area contributed by atoms with Crippen molar-refractivity contribution in [3.63, 3.8) is 0 Å². The minimum atomic E-state index is -1.81. The van der Waals surface area contributed by atoms with Gasteiger partial charge in [-0.15, -0.1) is 0 Å². The molecule has 5 aliphatic carbocycles. The number of halogens is 4. The van der Waals surface area contributed by atoms with Crippen molar-refractivity contribution >= 4 is 23.5 Å². The maximum Gasteiger partial charge on any atom is 0.306 e. The molecule has 0 aliphatic heterocycles. The van der Waals surface area contributed by atoms with Crippen LogP contribution in [-0.4, -0.2) is 29.1 Å². The molecule has 58 heavy (non-hydrogen) atoms. The Hall–Kier alpha value is -3.60. The normalized spacial score (nSPS) is 36.3. The van der Waals surface area contributed by atoms with Gasteiger partial charge in [0.25, 0.3) is 0 Å². The maximum absolute atomic E-state index is 14.9.